The van der Waals surface area contributed by atoms with E-state index in [0.29, 0.717) is 5.16 Å². The van der Waals surface area contributed by atoms with Crippen LogP contribution >= 0.6 is 0 Å². The standard InChI is InChI=1S/C10H28O3Si3/c1-9-16(11-3,12-4)10(2)15(7,8)13-14(5)6/h10,14H,9H2,1-8H3. The predicted molar refractivity (Wildman–Crippen MR) is 77.1 cm³/mol. The van der Waals surface area contributed by atoms with Gasteiger partial charge in [-0.25, -0.2) is 0 Å². The van der Waals surface area contributed by atoms with Crippen molar-refractivity contribution in [1.82, 2.24) is 0 Å². The molecular weight excluding hydrogens is 252 g/mol. The Hall–Kier alpha value is 0.531. The Morgan fingerprint density at radius 1 is 1.12 bits per heavy atom. The van der Waals surface area contributed by atoms with Gasteiger partial charge in [0.05, 0.1) is 0 Å². The number of rotatable bonds is 7. The molecule has 0 saturated heterocycles. The van der Waals surface area contributed by atoms with Gasteiger partial charge in [0, 0.05) is 19.4 Å². The Morgan fingerprint density at radius 2 is 1.56 bits per heavy atom. The van der Waals surface area contributed by atoms with Crippen LogP contribution in [0.4, 0.5) is 0 Å². The van der Waals surface area contributed by atoms with Crippen LogP contribution in [-0.4, -0.2) is 40.1 Å². The van der Waals surface area contributed by atoms with E-state index in [1.165, 1.54) is 0 Å². The van der Waals surface area contributed by atoms with Gasteiger partial charge >= 0.3 is 8.56 Å². The van der Waals surface area contributed by atoms with Crippen LogP contribution in [0, 0.1) is 0 Å². The summed E-state index contributed by atoms with van der Waals surface area (Å²) in [6.07, 6.45) is 0. The minimum absolute atomic E-state index is 0.454. The summed E-state index contributed by atoms with van der Waals surface area (Å²) in [7, 11) is -1.17. The molecule has 1 atom stereocenters. The third-order valence-corrected chi connectivity index (χ3v) is 16.9. The topological polar surface area (TPSA) is 27.7 Å². The van der Waals surface area contributed by atoms with Gasteiger partial charge in [-0.2, -0.15) is 0 Å². The zero-order valence-corrected chi connectivity index (χ0v) is 15.2. The third kappa shape index (κ3) is 3.78. The Balaban J connectivity index is 4.91. The second-order valence-corrected chi connectivity index (χ2v) is 16.8. The average molecular weight is 281 g/mol. The molecule has 0 bridgehead atoms. The summed E-state index contributed by atoms with van der Waals surface area (Å²) < 4.78 is 17.8. The molecule has 0 aliphatic heterocycles. The van der Waals surface area contributed by atoms with Gasteiger partial charge in [0.1, 0.15) is 0 Å². The van der Waals surface area contributed by atoms with E-state index >= 15 is 0 Å². The molecule has 16 heavy (non-hydrogen) atoms. The monoisotopic (exact) mass is 280 g/mol. The second kappa shape index (κ2) is 6.46. The summed E-state index contributed by atoms with van der Waals surface area (Å²) in [4.78, 5) is 0. The normalized spacial score (nSPS) is 15.6. The largest absolute Gasteiger partial charge is 0.458 e. The molecule has 0 aromatic heterocycles. The minimum atomic E-state index is -2.06. The van der Waals surface area contributed by atoms with Gasteiger partial charge in [0.15, 0.2) is 17.4 Å². The highest BCUT2D eigenvalue weighted by Gasteiger charge is 2.49. The van der Waals surface area contributed by atoms with Crippen molar-refractivity contribution in [2.45, 2.75) is 51.2 Å². The van der Waals surface area contributed by atoms with E-state index in [-0.39, 0.29) is 0 Å². The lowest BCUT2D eigenvalue weighted by Crippen LogP contribution is -2.55. The summed E-state index contributed by atoms with van der Waals surface area (Å²) in [5.41, 5.74) is 0. The zero-order valence-electron chi connectivity index (χ0n) is 12.1. The van der Waals surface area contributed by atoms with Gasteiger partial charge in [-0.3, -0.25) is 0 Å². The molecule has 0 aromatic rings. The molecule has 0 spiro atoms. The molecule has 0 saturated carbocycles. The first-order valence-corrected chi connectivity index (χ1v) is 13.9. The first-order valence-electron chi connectivity index (χ1n) is 6.03. The molecule has 98 valence electrons. The van der Waals surface area contributed by atoms with Gasteiger partial charge in [-0.15, -0.1) is 0 Å². The molecule has 0 aromatic carbocycles. The van der Waals surface area contributed by atoms with E-state index in [4.69, 9.17) is 13.0 Å². The van der Waals surface area contributed by atoms with Crippen LogP contribution in [0.5, 0.6) is 0 Å². The summed E-state index contributed by atoms with van der Waals surface area (Å²) in [5, 5.41) is 0.454. The second-order valence-electron chi connectivity index (χ2n) is 5.07. The molecule has 3 nitrogen and oxygen atoms in total. The van der Waals surface area contributed by atoms with Crippen LogP contribution in [0.25, 0.3) is 0 Å². The zero-order chi connectivity index (χ0) is 13.0. The van der Waals surface area contributed by atoms with Gasteiger partial charge in [0.25, 0.3) is 0 Å². The Kier molecular flexibility index (Phi) is 6.67. The third-order valence-electron chi connectivity index (χ3n) is 3.43. The van der Waals surface area contributed by atoms with E-state index in [0.717, 1.165) is 6.04 Å². The molecule has 0 rings (SSSR count). The van der Waals surface area contributed by atoms with Crippen molar-refractivity contribution in [3.8, 4) is 0 Å². The van der Waals surface area contributed by atoms with E-state index < -0.39 is 25.9 Å². The van der Waals surface area contributed by atoms with E-state index in [1.54, 1.807) is 14.2 Å². The van der Waals surface area contributed by atoms with Gasteiger partial charge in [-0.1, -0.05) is 13.8 Å². The summed E-state index contributed by atoms with van der Waals surface area (Å²) >= 11 is 0. The molecular formula is C10H28O3Si3. The smallest absolute Gasteiger partial charge is 0.339 e. The SMILES string of the molecule is CC[Si](OC)(OC)C(C)[Si](C)(C)O[SiH](C)C. The van der Waals surface area contributed by atoms with Crippen LogP contribution in [0.2, 0.25) is 37.4 Å². The predicted octanol–water partition coefficient (Wildman–Crippen LogP) is 2.88. The van der Waals surface area contributed by atoms with Crippen molar-refractivity contribution in [3.05, 3.63) is 0 Å². The first-order chi connectivity index (χ1) is 7.25. The fraction of sp³-hybridized carbons (Fsp3) is 1.00. The molecule has 0 fully saturated rings. The highest BCUT2D eigenvalue weighted by Crippen LogP contribution is 2.35. The number of hydrogen-bond acceptors (Lipinski definition) is 3. The van der Waals surface area contributed by atoms with Crippen molar-refractivity contribution in [1.29, 1.82) is 0 Å². The maximum absolute atomic E-state index is 6.26. The molecule has 0 radical (unpaired) electrons. The lowest BCUT2D eigenvalue weighted by Gasteiger charge is -2.41. The lowest BCUT2D eigenvalue weighted by molar-refractivity contribution is 0.237. The Bertz CT molecular complexity index is 197. The first kappa shape index (κ1) is 16.5. The summed E-state index contributed by atoms with van der Waals surface area (Å²) in [5.74, 6) is 0. The maximum Gasteiger partial charge on any atom is 0.339 e. The molecule has 0 N–H and O–H groups in total. The lowest BCUT2D eigenvalue weighted by atomic mass is 10.9. The van der Waals surface area contributed by atoms with Crippen molar-refractivity contribution in [2.75, 3.05) is 14.2 Å². The highest BCUT2D eigenvalue weighted by atomic mass is 28.4. The van der Waals surface area contributed by atoms with Crippen LogP contribution in [0.1, 0.15) is 13.8 Å². The maximum atomic E-state index is 6.26. The van der Waals surface area contributed by atoms with Gasteiger partial charge in [0.2, 0.25) is 0 Å². The summed E-state index contributed by atoms with van der Waals surface area (Å²) in [6.45, 7) is 13.5. The Labute approximate surface area is 105 Å². The van der Waals surface area contributed by atoms with E-state index in [9.17, 15) is 0 Å². The van der Waals surface area contributed by atoms with Crippen molar-refractivity contribution < 1.29 is 13.0 Å². The fourth-order valence-corrected chi connectivity index (χ4v) is 16.2. The fourth-order valence-electron chi connectivity index (χ4n) is 2.27. The van der Waals surface area contributed by atoms with Gasteiger partial charge < -0.3 is 13.0 Å². The van der Waals surface area contributed by atoms with E-state index in [1.807, 2.05) is 0 Å². The molecule has 0 heterocycles. The van der Waals surface area contributed by atoms with Crippen LogP contribution in [0.15, 0.2) is 0 Å². The Morgan fingerprint density at radius 3 is 1.81 bits per heavy atom. The van der Waals surface area contributed by atoms with Crippen LogP contribution < -0.4 is 0 Å². The highest BCUT2D eigenvalue weighted by molar-refractivity contribution is 6.92. The molecule has 1 unspecified atom stereocenters. The van der Waals surface area contributed by atoms with Crippen molar-refractivity contribution in [2.24, 2.45) is 0 Å². The minimum Gasteiger partial charge on any atom is -0.458 e. The average Bonchev–Trinajstić information content (AvgIpc) is 2.19. The molecule has 0 aliphatic carbocycles. The van der Waals surface area contributed by atoms with Crippen LogP contribution in [0.3, 0.4) is 0 Å². The molecule has 0 aliphatic rings. The van der Waals surface area contributed by atoms with Crippen molar-refractivity contribution in [3.63, 3.8) is 0 Å². The van der Waals surface area contributed by atoms with E-state index in [2.05, 4.69) is 40.0 Å². The molecule has 0 amide bonds. The summed E-state index contributed by atoms with van der Waals surface area (Å²) in [6, 6.07) is 0.987. The quantitative estimate of drug-likeness (QED) is 0.671. The van der Waals surface area contributed by atoms with Crippen LogP contribution in [-0.2, 0) is 13.0 Å². The number of hydrogen-bond donors (Lipinski definition) is 0. The van der Waals surface area contributed by atoms with Gasteiger partial charge in [-0.05, 0) is 32.2 Å². The van der Waals surface area contributed by atoms with Crippen molar-refractivity contribution >= 4 is 25.9 Å². The molecule has 6 heteroatoms.